The number of thiocarbonyl (C=S) groups is 1. The molecule has 0 saturated carbocycles. The smallest absolute Gasteiger partial charge is 0.416 e. The Kier molecular flexibility index (Phi) is 4.86. The van der Waals surface area contributed by atoms with Crippen LogP contribution in [0.1, 0.15) is 16.7 Å². The summed E-state index contributed by atoms with van der Waals surface area (Å²) in [6.45, 7) is 0.854. The van der Waals surface area contributed by atoms with Gasteiger partial charge in [0.2, 0.25) is 0 Å². The largest absolute Gasteiger partial charge is 0.482 e. The first-order valence-corrected chi connectivity index (χ1v) is 10.7. The first kappa shape index (κ1) is 20.2. The highest BCUT2D eigenvalue weighted by Gasteiger charge is 2.37. The van der Waals surface area contributed by atoms with Crippen molar-refractivity contribution in [3.63, 3.8) is 0 Å². The van der Waals surface area contributed by atoms with Crippen LogP contribution in [0.2, 0.25) is 0 Å². The predicted molar refractivity (Wildman–Crippen MR) is 114 cm³/mol. The van der Waals surface area contributed by atoms with Crippen molar-refractivity contribution in [3.05, 3.63) is 64.1 Å². The molecule has 0 N–H and O–H groups in total. The van der Waals surface area contributed by atoms with Gasteiger partial charge in [0.1, 0.15) is 5.75 Å². The molecule has 5 nitrogen and oxygen atoms in total. The number of benzene rings is 2. The van der Waals surface area contributed by atoms with Crippen molar-refractivity contribution in [2.45, 2.75) is 12.6 Å². The van der Waals surface area contributed by atoms with Gasteiger partial charge >= 0.3 is 6.18 Å². The van der Waals surface area contributed by atoms with E-state index >= 15 is 0 Å². The van der Waals surface area contributed by atoms with Crippen LogP contribution in [0.4, 0.5) is 18.9 Å². The summed E-state index contributed by atoms with van der Waals surface area (Å²) in [7, 11) is 0. The molecule has 5 rings (SSSR count). The molecular formula is C21H15F3N2O3S2. The third-order valence-electron chi connectivity index (χ3n) is 5.23. The zero-order chi connectivity index (χ0) is 21.8. The molecule has 0 aliphatic carbocycles. The molecule has 3 heterocycles. The lowest BCUT2D eigenvalue weighted by molar-refractivity contribution is -0.137. The van der Waals surface area contributed by atoms with Gasteiger partial charge in [-0.15, -0.1) is 0 Å². The summed E-state index contributed by atoms with van der Waals surface area (Å²) in [6, 6.07) is 10.5. The molecule has 0 radical (unpaired) electrons. The molecule has 2 aromatic carbocycles. The summed E-state index contributed by atoms with van der Waals surface area (Å²) < 4.78 is 44.5. The average Bonchev–Trinajstić information content (AvgIpc) is 3.32. The quantitative estimate of drug-likeness (QED) is 0.616. The van der Waals surface area contributed by atoms with Gasteiger partial charge in [0, 0.05) is 12.1 Å². The molecule has 0 spiro atoms. The van der Waals surface area contributed by atoms with Crippen molar-refractivity contribution in [2.75, 3.05) is 24.6 Å². The van der Waals surface area contributed by atoms with Crippen molar-refractivity contribution < 1.29 is 27.5 Å². The lowest BCUT2D eigenvalue weighted by Crippen LogP contribution is -2.40. The second-order valence-electron chi connectivity index (χ2n) is 7.21. The number of hydrogen-bond acceptors (Lipinski definition) is 5. The molecule has 1 fully saturated rings. The van der Waals surface area contributed by atoms with E-state index in [0.717, 1.165) is 22.6 Å². The first-order chi connectivity index (χ1) is 14.8. The number of alkyl halides is 3. The molecule has 0 aromatic heterocycles. The molecule has 3 aliphatic rings. The van der Waals surface area contributed by atoms with Gasteiger partial charge in [-0.2, -0.15) is 18.2 Å². The Morgan fingerprint density at radius 2 is 1.90 bits per heavy atom. The standard InChI is InChI=1S/C21H15F3N2O3S2/c22-21(23,24)14-4-1-12(2-5-14)7-8-25-15-9-13(3-6-16(15)28-11-18(25)27)19-17-10-26(29-19)20(30)31-17/h1-6,9H,7-8,10-11H2. The number of hydroxylamine groups is 2. The molecule has 0 atom stereocenters. The Morgan fingerprint density at radius 3 is 2.55 bits per heavy atom. The molecule has 10 heteroatoms. The van der Waals surface area contributed by atoms with Crippen LogP contribution in [0.5, 0.6) is 5.75 Å². The topological polar surface area (TPSA) is 42.0 Å². The number of thioether (sulfide) groups is 1. The van der Waals surface area contributed by atoms with Gasteiger partial charge in [0.25, 0.3) is 5.91 Å². The Hall–Kier alpha value is -2.72. The van der Waals surface area contributed by atoms with Gasteiger partial charge in [-0.3, -0.25) is 4.79 Å². The van der Waals surface area contributed by atoms with Crippen molar-refractivity contribution in [3.8, 4) is 5.75 Å². The normalized spacial score (nSPS) is 17.8. The SMILES string of the molecule is O=C1COc2ccc(C3=C4CN(O3)C(=S)S4)cc2N1CCc1ccc(C(F)(F)F)cc1. The number of rotatable bonds is 4. The number of fused-ring (bicyclic) bond motifs is 3. The van der Waals surface area contributed by atoms with E-state index in [1.54, 1.807) is 16.0 Å². The van der Waals surface area contributed by atoms with Gasteiger partial charge in [0.05, 0.1) is 22.7 Å². The second-order valence-corrected chi connectivity index (χ2v) is 8.94. The average molecular weight is 464 g/mol. The van der Waals surface area contributed by atoms with E-state index in [4.69, 9.17) is 21.8 Å². The van der Waals surface area contributed by atoms with Crippen molar-refractivity contribution in [1.29, 1.82) is 0 Å². The van der Waals surface area contributed by atoms with Crippen LogP contribution in [-0.2, 0) is 22.2 Å². The van der Waals surface area contributed by atoms with Gasteiger partial charge in [-0.25, -0.2) is 0 Å². The molecule has 0 unspecified atom stereocenters. The second kappa shape index (κ2) is 7.45. The molecule has 2 bridgehead atoms. The third kappa shape index (κ3) is 3.74. The van der Waals surface area contributed by atoms with Crippen molar-refractivity contribution in [2.24, 2.45) is 0 Å². The van der Waals surface area contributed by atoms with Crippen LogP contribution in [0.3, 0.4) is 0 Å². The highest BCUT2D eigenvalue weighted by molar-refractivity contribution is 8.26. The summed E-state index contributed by atoms with van der Waals surface area (Å²) in [5.74, 6) is 1.08. The van der Waals surface area contributed by atoms with E-state index in [2.05, 4.69) is 0 Å². The summed E-state index contributed by atoms with van der Waals surface area (Å²) in [5.41, 5.74) is 1.44. The molecule has 3 aliphatic heterocycles. The minimum Gasteiger partial charge on any atom is -0.482 e. The number of anilines is 1. The van der Waals surface area contributed by atoms with Crippen LogP contribution in [0.15, 0.2) is 47.4 Å². The maximum Gasteiger partial charge on any atom is 0.416 e. The van der Waals surface area contributed by atoms with E-state index in [-0.39, 0.29) is 12.5 Å². The molecule has 1 amide bonds. The van der Waals surface area contributed by atoms with Crippen LogP contribution in [0, 0.1) is 0 Å². The zero-order valence-corrected chi connectivity index (χ0v) is 17.6. The van der Waals surface area contributed by atoms with Crippen LogP contribution < -0.4 is 9.64 Å². The van der Waals surface area contributed by atoms with E-state index in [0.29, 0.717) is 46.6 Å². The maximum absolute atomic E-state index is 12.8. The van der Waals surface area contributed by atoms with E-state index < -0.39 is 11.7 Å². The monoisotopic (exact) mass is 464 g/mol. The highest BCUT2D eigenvalue weighted by Crippen LogP contribution is 2.45. The number of nitrogens with zero attached hydrogens (tertiary/aromatic N) is 2. The van der Waals surface area contributed by atoms with Crippen molar-refractivity contribution in [1.82, 2.24) is 5.06 Å². The predicted octanol–water partition coefficient (Wildman–Crippen LogP) is 4.62. The Bertz CT molecular complexity index is 1120. The van der Waals surface area contributed by atoms with E-state index in [1.165, 1.54) is 23.9 Å². The fourth-order valence-electron chi connectivity index (χ4n) is 3.64. The Labute approximate surface area is 185 Å². The lowest BCUT2D eigenvalue weighted by Gasteiger charge is -2.30. The van der Waals surface area contributed by atoms with Crippen LogP contribution >= 0.6 is 24.0 Å². The number of carbonyl (C=O) groups excluding carboxylic acids is 1. The summed E-state index contributed by atoms with van der Waals surface area (Å²) in [4.78, 5) is 21.0. The molecule has 2 aromatic rings. The van der Waals surface area contributed by atoms with Gasteiger partial charge in [0.15, 0.2) is 16.7 Å². The Morgan fingerprint density at radius 1 is 1.13 bits per heavy atom. The number of hydrogen-bond donors (Lipinski definition) is 0. The Balaban J connectivity index is 1.38. The molecule has 1 saturated heterocycles. The minimum atomic E-state index is -4.37. The lowest BCUT2D eigenvalue weighted by atomic mass is 10.1. The molecule has 31 heavy (non-hydrogen) atoms. The fourth-order valence-corrected chi connectivity index (χ4v) is 4.88. The van der Waals surface area contributed by atoms with Crippen molar-refractivity contribution >= 4 is 45.7 Å². The van der Waals surface area contributed by atoms with Gasteiger partial charge in [-0.05, 0) is 54.5 Å². The minimum absolute atomic E-state index is 0.0816. The third-order valence-corrected chi connectivity index (χ3v) is 6.62. The van der Waals surface area contributed by atoms with E-state index in [1.807, 2.05) is 12.1 Å². The number of amides is 1. The fraction of sp³-hybridized carbons (Fsp3) is 0.238. The van der Waals surface area contributed by atoms with Gasteiger partial charge < -0.3 is 14.5 Å². The highest BCUT2D eigenvalue weighted by atomic mass is 32.2. The van der Waals surface area contributed by atoms with Crippen LogP contribution in [0.25, 0.3) is 5.76 Å². The van der Waals surface area contributed by atoms with Gasteiger partial charge in [-0.1, -0.05) is 23.9 Å². The first-order valence-electron chi connectivity index (χ1n) is 9.44. The van der Waals surface area contributed by atoms with Crippen LogP contribution in [-0.4, -0.2) is 35.0 Å². The zero-order valence-electron chi connectivity index (χ0n) is 15.9. The summed E-state index contributed by atoms with van der Waals surface area (Å²) >= 11 is 6.70. The number of ether oxygens (including phenoxy) is 1. The number of halogens is 3. The maximum atomic E-state index is 12.8. The summed E-state index contributed by atoms with van der Waals surface area (Å²) in [6.07, 6.45) is -3.96. The van der Waals surface area contributed by atoms with E-state index in [9.17, 15) is 18.0 Å². The summed E-state index contributed by atoms with van der Waals surface area (Å²) in [5, 5.41) is 1.65. The molecule has 160 valence electrons. The number of carbonyl (C=O) groups is 1. The molecular weight excluding hydrogens is 449 g/mol.